The molecule has 29 heavy (non-hydrogen) atoms. The number of ether oxygens (including phenoxy) is 1. The Morgan fingerprint density at radius 2 is 1.90 bits per heavy atom. The van der Waals surface area contributed by atoms with Gasteiger partial charge < -0.3 is 20.1 Å². The molecule has 0 spiro atoms. The molecule has 1 aromatic carbocycles. The summed E-state index contributed by atoms with van der Waals surface area (Å²) in [4.78, 5) is 43.6. The summed E-state index contributed by atoms with van der Waals surface area (Å²) < 4.78 is 4.76. The van der Waals surface area contributed by atoms with Gasteiger partial charge in [0.25, 0.3) is 0 Å². The number of esters is 1. The van der Waals surface area contributed by atoms with Gasteiger partial charge in [0.15, 0.2) is 0 Å². The molecule has 1 aromatic heterocycles. The SMILES string of the molecule is COC(=O)C1CCN(c2ncnc(Nc3ccc(C(=O)O)cc3)c2[N+](=O)[O-])CC1. The summed E-state index contributed by atoms with van der Waals surface area (Å²) in [6, 6.07) is 5.76. The molecular formula is C18H19N5O6. The van der Waals surface area contributed by atoms with Crippen molar-refractivity contribution in [3.63, 3.8) is 0 Å². The Morgan fingerprint density at radius 1 is 1.24 bits per heavy atom. The first-order valence-corrected chi connectivity index (χ1v) is 8.83. The van der Waals surface area contributed by atoms with Crippen LogP contribution in [0.15, 0.2) is 30.6 Å². The minimum absolute atomic E-state index is 0.00170. The van der Waals surface area contributed by atoms with Crippen LogP contribution in [0.1, 0.15) is 23.2 Å². The van der Waals surface area contributed by atoms with E-state index < -0.39 is 10.9 Å². The Labute approximate surface area is 165 Å². The van der Waals surface area contributed by atoms with E-state index in [-0.39, 0.29) is 34.8 Å². The van der Waals surface area contributed by atoms with E-state index in [2.05, 4.69) is 15.3 Å². The Hall–Kier alpha value is -3.76. The average molecular weight is 401 g/mol. The number of carboxylic acid groups (broad SMARTS) is 1. The third-order valence-corrected chi connectivity index (χ3v) is 4.71. The van der Waals surface area contributed by atoms with E-state index in [1.807, 2.05) is 0 Å². The predicted octanol–water partition coefficient (Wildman–Crippen LogP) is 2.22. The van der Waals surface area contributed by atoms with Crippen LogP contribution in [-0.2, 0) is 9.53 Å². The highest BCUT2D eigenvalue weighted by Crippen LogP contribution is 2.35. The maximum atomic E-state index is 11.7. The average Bonchev–Trinajstić information content (AvgIpc) is 2.73. The number of aromatic nitrogens is 2. The van der Waals surface area contributed by atoms with Gasteiger partial charge in [0.05, 0.1) is 23.5 Å². The van der Waals surface area contributed by atoms with Gasteiger partial charge >= 0.3 is 17.6 Å². The van der Waals surface area contributed by atoms with Crippen LogP contribution >= 0.6 is 0 Å². The molecule has 3 rings (SSSR count). The van der Waals surface area contributed by atoms with Crippen molar-refractivity contribution in [3.8, 4) is 0 Å². The van der Waals surface area contributed by atoms with E-state index in [1.54, 1.807) is 4.90 Å². The van der Waals surface area contributed by atoms with Crippen LogP contribution < -0.4 is 10.2 Å². The molecule has 0 radical (unpaired) electrons. The van der Waals surface area contributed by atoms with E-state index in [1.165, 1.54) is 37.7 Å². The fourth-order valence-electron chi connectivity index (χ4n) is 3.19. The number of rotatable bonds is 6. The Balaban J connectivity index is 1.84. The van der Waals surface area contributed by atoms with Gasteiger partial charge in [0, 0.05) is 18.8 Å². The maximum Gasteiger partial charge on any atom is 0.353 e. The summed E-state index contributed by atoms with van der Waals surface area (Å²) >= 11 is 0. The Kier molecular flexibility index (Phi) is 5.86. The first kappa shape index (κ1) is 20.0. The number of carbonyl (C=O) groups is 2. The topological polar surface area (TPSA) is 148 Å². The molecule has 1 aliphatic heterocycles. The highest BCUT2D eigenvalue weighted by molar-refractivity contribution is 5.88. The zero-order valence-electron chi connectivity index (χ0n) is 15.6. The standard InChI is InChI=1S/C18H19N5O6/c1-29-18(26)12-6-8-22(9-7-12)16-14(23(27)28)15(19-10-20-16)21-13-4-2-11(3-5-13)17(24)25/h2-5,10,12H,6-9H2,1H3,(H,24,25)(H,19,20,21). The molecule has 11 nitrogen and oxygen atoms in total. The molecular weight excluding hydrogens is 382 g/mol. The van der Waals surface area contributed by atoms with Gasteiger partial charge in [-0.1, -0.05) is 0 Å². The van der Waals surface area contributed by atoms with Crippen LogP contribution in [0.4, 0.5) is 23.0 Å². The van der Waals surface area contributed by atoms with Crippen LogP contribution in [0, 0.1) is 16.0 Å². The van der Waals surface area contributed by atoms with E-state index in [0.717, 1.165) is 0 Å². The van der Waals surface area contributed by atoms with Crippen LogP contribution in [-0.4, -0.2) is 52.1 Å². The molecule has 1 saturated heterocycles. The van der Waals surface area contributed by atoms with Crippen LogP contribution in [0.5, 0.6) is 0 Å². The number of hydrogen-bond donors (Lipinski definition) is 2. The molecule has 2 aromatic rings. The maximum absolute atomic E-state index is 11.7. The highest BCUT2D eigenvalue weighted by Gasteiger charge is 2.32. The van der Waals surface area contributed by atoms with Crippen molar-refractivity contribution in [2.75, 3.05) is 30.4 Å². The molecule has 1 fully saturated rings. The molecule has 0 amide bonds. The van der Waals surface area contributed by atoms with Crippen molar-refractivity contribution >= 4 is 34.9 Å². The third-order valence-electron chi connectivity index (χ3n) is 4.71. The molecule has 11 heteroatoms. The molecule has 2 N–H and O–H groups in total. The van der Waals surface area contributed by atoms with Crippen LogP contribution in [0.25, 0.3) is 0 Å². The lowest BCUT2D eigenvalue weighted by Gasteiger charge is -2.31. The molecule has 0 unspecified atom stereocenters. The van der Waals surface area contributed by atoms with Gasteiger partial charge in [-0.25, -0.2) is 14.8 Å². The molecule has 0 saturated carbocycles. The number of anilines is 3. The smallest absolute Gasteiger partial charge is 0.353 e. The number of piperidine rings is 1. The van der Waals surface area contributed by atoms with Crippen LogP contribution in [0.2, 0.25) is 0 Å². The van der Waals surface area contributed by atoms with Crippen molar-refractivity contribution in [2.45, 2.75) is 12.8 Å². The normalized spacial score (nSPS) is 14.3. The summed E-state index contributed by atoms with van der Waals surface area (Å²) in [6.07, 6.45) is 2.24. The second-order valence-corrected chi connectivity index (χ2v) is 6.44. The number of nitro groups is 1. The molecule has 1 aliphatic rings. The first-order chi connectivity index (χ1) is 13.9. The number of methoxy groups -OCH3 is 1. The van der Waals surface area contributed by atoms with Crippen molar-refractivity contribution in [1.82, 2.24) is 9.97 Å². The molecule has 0 aliphatic carbocycles. The number of aromatic carboxylic acids is 1. The lowest BCUT2D eigenvalue weighted by molar-refractivity contribution is -0.383. The lowest BCUT2D eigenvalue weighted by Crippen LogP contribution is -2.37. The number of hydrogen-bond acceptors (Lipinski definition) is 9. The van der Waals surface area contributed by atoms with Crippen molar-refractivity contribution in [3.05, 3.63) is 46.3 Å². The summed E-state index contributed by atoms with van der Waals surface area (Å²) in [5, 5.41) is 23.6. The molecule has 0 atom stereocenters. The third kappa shape index (κ3) is 4.39. The number of benzene rings is 1. The highest BCUT2D eigenvalue weighted by atomic mass is 16.6. The van der Waals surface area contributed by atoms with E-state index >= 15 is 0 Å². The van der Waals surface area contributed by atoms with Gasteiger partial charge in [0.1, 0.15) is 6.33 Å². The van der Waals surface area contributed by atoms with Crippen molar-refractivity contribution < 1.29 is 24.4 Å². The zero-order valence-corrected chi connectivity index (χ0v) is 15.6. The van der Waals surface area contributed by atoms with E-state index in [0.29, 0.717) is 31.6 Å². The Bertz CT molecular complexity index is 925. The van der Waals surface area contributed by atoms with Gasteiger partial charge in [-0.05, 0) is 37.1 Å². The van der Waals surface area contributed by atoms with Gasteiger partial charge in [-0.2, -0.15) is 0 Å². The number of carboxylic acids is 1. The van der Waals surface area contributed by atoms with Gasteiger partial charge in [-0.3, -0.25) is 14.9 Å². The fourth-order valence-corrected chi connectivity index (χ4v) is 3.19. The molecule has 2 heterocycles. The molecule has 152 valence electrons. The fraction of sp³-hybridized carbons (Fsp3) is 0.333. The van der Waals surface area contributed by atoms with Crippen molar-refractivity contribution in [1.29, 1.82) is 0 Å². The summed E-state index contributed by atoms with van der Waals surface area (Å²) in [5.74, 6) is -1.42. The summed E-state index contributed by atoms with van der Waals surface area (Å²) in [6.45, 7) is 0.842. The number of nitrogens with one attached hydrogen (secondary N) is 1. The zero-order chi connectivity index (χ0) is 21.0. The summed E-state index contributed by atoms with van der Waals surface area (Å²) in [7, 11) is 1.34. The molecule has 0 bridgehead atoms. The largest absolute Gasteiger partial charge is 0.478 e. The second kappa shape index (κ2) is 8.50. The monoisotopic (exact) mass is 401 g/mol. The number of nitrogens with zero attached hydrogens (tertiary/aromatic N) is 4. The quantitative estimate of drug-likeness (QED) is 0.419. The number of carbonyl (C=O) groups excluding carboxylic acids is 1. The second-order valence-electron chi connectivity index (χ2n) is 6.44. The Morgan fingerprint density at radius 3 is 2.45 bits per heavy atom. The summed E-state index contributed by atoms with van der Waals surface area (Å²) in [5.41, 5.74) is 0.264. The lowest BCUT2D eigenvalue weighted by atomic mass is 9.97. The minimum atomic E-state index is -1.07. The van der Waals surface area contributed by atoms with Gasteiger partial charge in [-0.15, -0.1) is 0 Å². The first-order valence-electron chi connectivity index (χ1n) is 8.83. The van der Waals surface area contributed by atoms with Gasteiger partial charge in [0.2, 0.25) is 11.6 Å². The minimum Gasteiger partial charge on any atom is -0.478 e. The van der Waals surface area contributed by atoms with Crippen molar-refractivity contribution in [2.24, 2.45) is 5.92 Å². The van der Waals surface area contributed by atoms with Crippen LogP contribution in [0.3, 0.4) is 0 Å². The van der Waals surface area contributed by atoms with E-state index in [4.69, 9.17) is 9.84 Å². The predicted molar refractivity (Wildman–Crippen MR) is 102 cm³/mol. The van der Waals surface area contributed by atoms with E-state index in [9.17, 15) is 19.7 Å².